The van der Waals surface area contributed by atoms with Crippen LogP contribution in [0.4, 0.5) is 22.1 Å². The first-order chi connectivity index (χ1) is 14.8. The van der Waals surface area contributed by atoms with E-state index in [0.29, 0.717) is 40.4 Å². The van der Waals surface area contributed by atoms with Crippen molar-refractivity contribution in [2.45, 2.75) is 13.3 Å². The van der Waals surface area contributed by atoms with E-state index >= 15 is 0 Å². The van der Waals surface area contributed by atoms with E-state index in [1.807, 2.05) is 23.8 Å². The molecule has 0 aliphatic carbocycles. The van der Waals surface area contributed by atoms with Gasteiger partial charge >= 0.3 is 16.2 Å². The van der Waals surface area contributed by atoms with Crippen molar-refractivity contribution in [1.82, 2.24) is 24.4 Å². The van der Waals surface area contributed by atoms with Crippen LogP contribution in [0.1, 0.15) is 12.7 Å². The Morgan fingerprint density at radius 3 is 2.39 bits per heavy atom. The van der Waals surface area contributed by atoms with Crippen molar-refractivity contribution >= 4 is 45.2 Å². The maximum atomic E-state index is 11.7. The van der Waals surface area contributed by atoms with Crippen molar-refractivity contribution in [2.75, 3.05) is 17.7 Å². The van der Waals surface area contributed by atoms with Crippen molar-refractivity contribution in [2.24, 2.45) is 0 Å². The fraction of sp³-hybridized carbons (Fsp3) is 0.158. The minimum atomic E-state index is -3.88. The van der Waals surface area contributed by atoms with Crippen LogP contribution in [0.25, 0.3) is 11.4 Å². The van der Waals surface area contributed by atoms with Gasteiger partial charge in [0.1, 0.15) is 5.82 Å². The van der Waals surface area contributed by atoms with Gasteiger partial charge in [-0.15, -0.1) is 0 Å². The fourth-order valence-corrected chi connectivity index (χ4v) is 3.07. The number of carbonyl (C=O) groups is 1. The summed E-state index contributed by atoms with van der Waals surface area (Å²) in [5.41, 5.74) is 1.84. The van der Waals surface area contributed by atoms with Crippen molar-refractivity contribution in [3.8, 4) is 11.4 Å². The highest BCUT2D eigenvalue weighted by Crippen LogP contribution is 2.22. The number of rotatable bonds is 7. The second-order valence-electron chi connectivity index (χ2n) is 6.23. The lowest BCUT2D eigenvalue weighted by Crippen LogP contribution is -2.40. The summed E-state index contributed by atoms with van der Waals surface area (Å²) in [5, 5.41) is 6.11. The minimum absolute atomic E-state index is 0.361. The molecule has 10 nitrogen and oxygen atoms in total. The topological polar surface area (TPSA) is 138 Å². The number of aryl methyl sites for hydroxylation is 1. The zero-order valence-corrected chi connectivity index (χ0v) is 18.3. The maximum absolute atomic E-state index is 11.7. The van der Waals surface area contributed by atoms with Gasteiger partial charge in [0.05, 0.1) is 0 Å². The molecule has 0 bridgehead atoms. The van der Waals surface area contributed by atoms with Gasteiger partial charge in [0, 0.05) is 35.4 Å². The van der Waals surface area contributed by atoms with Crippen LogP contribution >= 0.6 is 11.6 Å². The lowest BCUT2D eigenvalue weighted by atomic mass is 10.2. The molecule has 0 unspecified atom stereocenters. The summed E-state index contributed by atoms with van der Waals surface area (Å²) in [6.45, 7) is 1.95. The molecular formula is C19H20ClN7O3S. The van der Waals surface area contributed by atoms with Crippen LogP contribution in [-0.4, -0.2) is 36.4 Å². The van der Waals surface area contributed by atoms with E-state index in [4.69, 9.17) is 11.6 Å². The average molecular weight is 462 g/mol. The first-order valence-electron chi connectivity index (χ1n) is 9.18. The molecule has 0 saturated carbocycles. The van der Waals surface area contributed by atoms with Crippen LogP contribution in [0.3, 0.4) is 0 Å². The number of nitrogens with one attached hydrogen (secondary N) is 4. The number of amides is 2. The number of hydrogen-bond donors (Lipinski definition) is 4. The van der Waals surface area contributed by atoms with E-state index < -0.39 is 16.2 Å². The molecule has 0 saturated heterocycles. The lowest BCUT2D eigenvalue weighted by Gasteiger charge is -2.10. The second-order valence-corrected chi connectivity index (χ2v) is 8.28. The zero-order chi connectivity index (χ0) is 22.4. The highest BCUT2D eigenvalue weighted by molar-refractivity contribution is 7.88. The summed E-state index contributed by atoms with van der Waals surface area (Å²) in [7, 11) is -2.69. The van der Waals surface area contributed by atoms with Gasteiger partial charge in [0.2, 0.25) is 5.95 Å². The summed E-state index contributed by atoms with van der Waals surface area (Å²) in [5.74, 6) is 1.48. The molecule has 1 aromatic heterocycles. The van der Waals surface area contributed by atoms with Gasteiger partial charge < -0.3 is 10.6 Å². The Balaban J connectivity index is 1.75. The third-order valence-corrected chi connectivity index (χ3v) is 5.20. The third kappa shape index (κ3) is 6.35. The molecule has 2 amide bonds. The molecule has 0 atom stereocenters. The van der Waals surface area contributed by atoms with Crippen LogP contribution in [0.15, 0.2) is 48.5 Å². The van der Waals surface area contributed by atoms with Gasteiger partial charge in [-0.05, 0) is 36.4 Å². The lowest BCUT2D eigenvalue weighted by molar-refractivity contribution is 0.256. The molecule has 12 heteroatoms. The Morgan fingerprint density at radius 1 is 1.03 bits per heavy atom. The molecule has 2 aromatic carbocycles. The fourth-order valence-electron chi connectivity index (χ4n) is 2.49. The molecule has 3 aromatic rings. The number of aromatic nitrogens is 3. The summed E-state index contributed by atoms with van der Waals surface area (Å²) < 4.78 is 26.5. The summed E-state index contributed by atoms with van der Waals surface area (Å²) >= 11 is 6.07. The van der Waals surface area contributed by atoms with Crippen molar-refractivity contribution < 1.29 is 13.2 Å². The number of anilines is 3. The standard InChI is InChI=1S/C19H20ClN7O3S/c1-3-16-24-17(12-5-4-6-13(20)11-12)26-18(25-16)22-14-7-9-15(10-8-14)23-19(28)27-31(29,30)21-2/h4-11,21H,3H2,1-2H3,(H2,23,27,28)(H,22,24,25,26). The molecule has 4 N–H and O–H groups in total. The van der Waals surface area contributed by atoms with E-state index in [9.17, 15) is 13.2 Å². The molecule has 3 rings (SSSR count). The maximum Gasteiger partial charge on any atom is 0.333 e. The number of benzene rings is 2. The Hall–Kier alpha value is -3.28. The monoisotopic (exact) mass is 461 g/mol. The number of nitrogens with zero attached hydrogens (tertiary/aromatic N) is 3. The minimum Gasteiger partial charge on any atom is -0.324 e. The number of halogens is 1. The molecular weight excluding hydrogens is 442 g/mol. The molecule has 0 aliphatic rings. The molecule has 0 spiro atoms. The first kappa shape index (κ1) is 22.4. The van der Waals surface area contributed by atoms with Crippen LogP contribution in [0.2, 0.25) is 5.02 Å². The molecule has 0 aliphatic heterocycles. The molecule has 1 heterocycles. The number of carbonyl (C=O) groups excluding carboxylic acids is 1. The Labute approximate surface area is 184 Å². The van der Waals surface area contributed by atoms with Crippen LogP contribution in [0.5, 0.6) is 0 Å². The summed E-state index contributed by atoms with van der Waals surface area (Å²) in [4.78, 5) is 25.1. The van der Waals surface area contributed by atoms with Gasteiger partial charge in [-0.3, -0.25) is 0 Å². The van der Waals surface area contributed by atoms with Gasteiger partial charge in [0.15, 0.2) is 5.82 Å². The largest absolute Gasteiger partial charge is 0.333 e. The first-order valence-corrected chi connectivity index (χ1v) is 11.0. The Bertz CT molecular complexity index is 1190. The highest BCUT2D eigenvalue weighted by atomic mass is 35.5. The molecule has 31 heavy (non-hydrogen) atoms. The van der Waals surface area contributed by atoms with E-state index in [-0.39, 0.29) is 0 Å². The van der Waals surface area contributed by atoms with Gasteiger partial charge in [-0.25, -0.2) is 19.2 Å². The smallest absolute Gasteiger partial charge is 0.324 e. The van der Waals surface area contributed by atoms with E-state index in [1.165, 1.54) is 7.05 Å². The van der Waals surface area contributed by atoms with Gasteiger partial charge in [-0.1, -0.05) is 30.7 Å². The molecule has 162 valence electrons. The molecule has 0 fully saturated rings. The zero-order valence-electron chi connectivity index (χ0n) is 16.7. The van der Waals surface area contributed by atoms with Crippen LogP contribution < -0.4 is 20.1 Å². The summed E-state index contributed by atoms with van der Waals surface area (Å²) in [6.07, 6.45) is 0.623. The normalized spacial score (nSPS) is 11.1. The summed E-state index contributed by atoms with van der Waals surface area (Å²) in [6, 6.07) is 12.9. The number of hydrogen-bond acceptors (Lipinski definition) is 7. The van der Waals surface area contributed by atoms with Gasteiger partial charge in [-0.2, -0.15) is 18.4 Å². The van der Waals surface area contributed by atoms with E-state index in [0.717, 1.165) is 5.56 Å². The van der Waals surface area contributed by atoms with Crippen LogP contribution in [0, 0.1) is 0 Å². The third-order valence-electron chi connectivity index (χ3n) is 3.98. The quantitative estimate of drug-likeness (QED) is 0.424. The SMILES string of the molecule is CCc1nc(Nc2ccc(NC(=O)NS(=O)(=O)NC)cc2)nc(-c2cccc(Cl)c2)n1. The Kier molecular flexibility index (Phi) is 7.00. The van der Waals surface area contributed by atoms with E-state index in [2.05, 4.69) is 25.6 Å². The van der Waals surface area contributed by atoms with Crippen molar-refractivity contribution in [3.05, 3.63) is 59.4 Å². The highest BCUT2D eigenvalue weighted by Gasteiger charge is 2.12. The van der Waals surface area contributed by atoms with Crippen LogP contribution in [-0.2, 0) is 16.6 Å². The number of urea groups is 1. The molecule has 0 radical (unpaired) electrons. The second kappa shape index (κ2) is 9.69. The predicted octanol–water partition coefficient (Wildman–Crippen LogP) is 3.08. The van der Waals surface area contributed by atoms with E-state index in [1.54, 1.807) is 41.1 Å². The Morgan fingerprint density at radius 2 is 1.74 bits per heavy atom. The predicted molar refractivity (Wildman–Crippen MR) is 120 cm³/mol. The van der Waals surface area contributed by atoms with Crippen molar-refractivity contribution in [3.63, 3.8) is 0 Å². The average Bonchev–Trinajstić information content (AvgIpc) is 2.74. The van der Waals surface area contributed by atoms with Crippen molar-refractivity contribution in [1.29, 1.82) is 0 Å². The van der Waals surface area contributed by atoms with Gasteiger partial charge in [0.25, 0.3) is 0 Å².